The number of anilines is 2. The Labute approximate surface area is 117 Å². The van der Waals surface area contributed by atoms with Crippen molar-refractivity contribution in [2.24, 2.45) is 0 Å². The molecule has 4 N–H and O–H groups in total. The highest BCUT2D eigenvalue weighted by Gasteiger charge is 2.19. The summed E-state index contributed by atoms with van der Waals surface area (Å²) in [7, 11) is 0. The molecule has 0 unspecified atom stereocenters. The Balaban J connectivity index is 2.14. The fourth-order valence-corrected chi connectivity index (χ4v) is 2.38. The van der Waals surface area contributed by atoms with Gasteiger partial charge in [-0.05, 0) is 25.1 Å². The van der Waals surface area contributed by atoms with E-state index in [2.05, 4.69) is 9.88 Å². The van der Waals surface area contributed by atoms with Gasteiger partial charge in [0.1, 0.15) is 0 Å². The SMILES string of the molecule is Nc1ccc(C(=O)O)nc1N1CCCN(CCO)CC1. The zero-order chi connectivity index (χ0) is 14.5. The van der Waals surface area contributed by atoms with Crippen LogP contribution in [0.25, 0.3) is 0 Å². The summed E-state index contributed by atoms with van der Waals surface area (Å²) in [4.78, 5) is 19.3. The molecule has 0 atom stereocenters. The maximum Gasteiger partial charge on any atom is 0.354 e. The average Bonchev–Trinajstić information content (AvgIpc) is 2.65. The molecular weight excluding hydrogens is 260 g/mol. The minimum Gasteiger partial charge on any atom is -0.477 e. The Kier molecular flexibility index (Phi) is 4.75. The quantitative estimate of drug-likeness (QED) is 0.705. The molecule has 0 radical (unpaired) electrons. The summed E-state index contributed by atoms with van der Waals surface area (Å²) < 4.78 is 0. The average molecular weight is 280 g/mol. The van der Waals surface area contributed by atoms with Crippen LogP contribution in [0.5, 0.6) is 0 Å². The van der Waals surface area contributed by atoms with Gasteiger partial charge < -0.3 is 20.8 Å². The van der Waals surface area contributed by atoms with E-state index in [4.69, 9.17) is 15.9 Å². The molecule has 0 aromatic carbocycles. The molecule has 0 aliphatic carbocycles. The van der Waals surface area contributed by atoms with Gasteiger partial charge in [-0.15, -0.1) is 0 Å². The van der Waals surface area contributed by atoms with E-state index in [1.807, 2.05) is 4.90 Å². The number of β-amino-alcohol motifs (C(OH)–C–C–N with tert-alkyl or cyclic N) is 1. The van der Waals surface area contributed by atoms with Crippen molar-refractivity contribution < 1.29 is 15.0 Å². The lowest BCUT2D eigenvalue weighted by atomic mass is 10.3. The number of aliphatic hydroxyl groups excluding tert-OH is 1. The maximum atomic E-state index is 11.0. The molecule has 1 fully saturated rings. The van der Waals surface area contributed by atoms with Crippen LogP contribution in [0.2, 0.25) is 0 Å². The Hall–Kier alpha value is -1.86. The number of aromatic carboxylic acids is 1. The van der Waals surface area contributed by atoms with Crippen LogP contribution in [0.3, 0.4) is 0 Å². The molecule has 0 amide bonds. The summed E-state index contributed by atoms with van der Waals surface area (Å²) in [6.07, 6.45) is 0.929. The van der Waals surface area contributed by atoms with Crippen LogP contribution in [0.1, 0.15) is 16.9 Å². The number of carboxylic acids is 1. The fourth-order valence-electron chi connectivity index (χ4n) is 2.38. The Bertz CT molecular complexity index is 481. The van der Waals surface area contributed by atoms with Crippen molar-refractivity contribution in [3.63, 3.8) is 0 Å². The van der Waals surface area contributed by atoms with Gasteiger partial charge >= 0.3 is 5.97 Å². The Morgan fingerprint density at radius 3 is 2.80 bits per heavy atom. The first-order valence-electron chi connectivity index (χ1n) is 6.70. The van der Waals surface area contributed by atoms with Crippen LogP contribution in [0.15, 0.2) is 12.1 Å². The molecule has 1 aromatic heterocycles. The first-order chi connectivity index (χ1) is 9.61. The number of hydrogen-bond donors (Lipinski definition) is 3. The highest BCUT2D eigenvalue weighted by molar-refractivity contribution is 5.87. The van der Waals surface area contributed by atoms with Gasteiger partial charge in [0.15, 0.2) is 11.5 Å². The fraction of sp³-hybridized carbons (Fsp3) is 0.538. The summed E-state index contributed by atoms with van der Waals surface area (Å²) in [6.45, 7) is 4.03. The van der Waals surface area contributed by atoms with E-state index in [1.165, 1.54) is 6.07 Å². The molecule has 2 rings (SSSR count). The second-order valence-corrected chi connectivity index (χ2v) is 4.82. The minimum atomic E-state index is -1.05. The molecule has 20 heavy (non-hydrogen) atoms. The van der Waals surface area contributed by atoms with Crippen LogP contribution >= 0.6 is 0 Å². The minimum absolute atomic E-state index is 0.00524. The summed E-state index contributed by atoms with van der Waals surface area (Å²) in [5.41, 5.74) is 6.41. The summed E-state index contributed by atoms with van der Waals surface area (Å²) in [6, 6.07) is 3.00. The standard InChI is InChI=1S/C13H20N4O3/c14-10-2-3-11(13(19)20)15-12(10)17-5-1-4-16(6-7-17)8-9-18/h2-3,18H,1,4-9,14H2,(H,19,20). The van der Waals surface area contributed by atoms with E-state index in [0.29, 0.717) is 18.1 Å². The van der Waals surface area contributed by atoms with E-state index < -0.39 is 5.97 Å². The lowest BCUT2D eigenvalue weighted by Crippen LogP contribution is -2.33. The van der Waals surface area contributed by atoms with Crippen LogP contribution in [-0.2, 0) is 0 Å². The predicted molar refractivity (Wildman–Crippen MR) is 76.0 cm³/mol. The Morgan fingerprint density at radius 1 is 1.30 bits per heavy atom. The zero-order valence-electron chi connectivity index (χ0n) is 11.3. The number of nitrogen functional groups attached to an aromatic ring is 1. The lowest BCUT2D eigenvalue weighted by molar-refractivity contribution is 0.0690. The highest BCUT2D eigenvalue weighted by Crippen LogP contribution is 2.22. The van der Waals surface area contributed by atoms with Crippen molar-refractivity contribution in [3.8, 4) is 0 Å². The van der Waals surface area contributed by atoms with Crippen molar-refractivity contribution in [2.75, 3.05) is 50.0 Å². The molecule has 0 spiro atoms. The zero-order valence-corrected chi connectivity index (χ0v) is 11.3. The third-order valence-corrected chi connectivity index (χ3v) is 3.43. The number of carboxylic acid groups (broad SMARTS) is 1. The van der Waals surface area contributed by atoms with E-state index in [1.54, 1.807) is 6.07 Å². The van der Waals surface area contributed by atoms with Crippen LogP contribution in [-0.4, -0.2) is 65.4 Å². The van der Waals surface area contributed by atoms with Crippen molar-refractivity contribution >= 4 is 17.5 Å². The van der Waals surface area contributed by atoms with Crippen LogP contribution < -0.4 is 10.6 Å². The van der Waals surface area contributed by atoms with E-state index in [9.17, 15) is 4.79 Å². The third-order valence-electron chi connectivity index (χ3n) is 3.43. The number of aliphatic hydroxyl groups is 1. The topological polar surface area (TPSA) is 103 Å². The van der Waals surface area contributed by atoms with E-state index in [0.717, 1.165) is 32.6 Å². The van der Waals surface area contributed by atoms with Crippen LogP contribution in [0, 0.1) is 0 Å². The molecule has 2 heterocycles. The number of nitrogens with two attached hydrogens (primary N) is 1. The van der Waals surface area contributed by atoms with Gasteiger partial charge in [-0.3, -0.25) is 4.90 Å². The summed E-state index contributed by atoms with van der Waals surface area (Å²) in [5.74, 6) is -0.515. The van der Waals surface area contributed by atoms with E-state index >= 15 is 0 Å². The number of carbonyl (C=O) groups is 1. The van der Waals surface area contributed by atoms with Gasteiger partial charge in [-0.1, -0.05) is 0 Å². The van der Waals surface area contributed by atoms with Gasteiger partial charge in [0.05, 0.1) is 12.3 Å². The first-order valence-corrected chi connectivity index (χ1v) is 6.70. The normalized spacial score (nSPS) is 16.9. The third kappa shape index (κ3) is 3.37. The van der Waals surface area contributed by atoms with Gasteiger partial charge in [0.25, 0.3) is 0 Å². The number of rotatable bonds is 4. The predicted octanol–water partition coefficient (Wildman–Crippen LogP) is -0.134. The molecule has 110 valence electrons. The van der Waals surface area contributed by atoms with Gasteiger partial charge in [-0.2, -0.15) is 0 Å². The second-order valence-electron chi connectivity index (χ2n) is 4.82. The molecule has 0 saturated carbocycles. The molecule has 1 aliphatic rings. The molecule has 1 aromatic rings. The Morgan fingerprint density at radius 2 is 2.10 bits per heavy atom. The molecule has 1 saturated heterocycles. The van der Waals surface area contributed by atoms with Crippen molar-refractivity contribution in [1.29, 1.82) is 0 Å². The molecule has 1 aliphatic heterocycles. The molecule has 7 heteroatoms. The lowest BCUT2D eigenvalue weighted by Gasteiger charge is -2.23. The molecule has 0 bridgehead atoms. The number of hydrogen-bond acceptors (Lipinski definition) is 6. The molecular formula is C13H20N4O3. The number of nitrogens with zero attached hydrogens (tertiary/aromatic N) is 3. The van der Waals surface area contributed by atoms with Gasteiger partial charge in [0, 0.05) is 26.2 Å². The smallest absolute Gasteiger partial charge is 0.354 e. The largest absolute Gasteiger partial charge is 0.477 e. The maximum absolute atomic E-state index is 11.0. The van der Waals surface area contributed by atoms with Crippen LogP contribution in [0.4, 0.5) is 11.5 Å². The number of aromatic nitrogens is 1. The monoisotopic (exact) mass is 280 g/mol. The summed E-state index contributed by atoms with van der Waals surface area (Å²) >= 11 is 0. The van der Waals surface area contributed by atoms with Crippen molar-refractivity contribution in [3.05, 3.63) is 17.8 Å². The molecule has 7 nitrogen and oxygen atoms in total. The van der Waals surface area contributed by atoms with E-state index in [-0.39, 0.29) is 12.3 Å². The van der Waals surface area contributed by atoms with Crippen molar-refractivity contribution in [2.45, 2.75) is 6.42 Å². The highest BCUT2D eigenvalue weighted by atomic mass is 16.4. The first kappa shape index (κ1) is 14.5. The summed E-state index contributed by atoms with van der Waals surface area (Å²) in [5, 5.41) is 18.0. The number of pyridine rings is 1. The van der Waals surface area contributed by atoms with Gasteiger partial charge in [-0.25, -0.2) is 9.78 Å². The van der Waals surface area contributed by atoms with Gasteiger partial charge in [0.2, 0.25) is 0 Å². The van der Waals surface area contributed by atoms with Crippen molar-refractivity contribution in [1.82, 2.24) is 9.88 Å². The second kappa shape index (κ2) is 6.53.